The predicted octanol–water partition coefficient (Wildman–Crippen LogP) is 3.43. The summed E-state index contributed by atoms with van der Waals surface area (Å²) >= 11 is 5.16. The minimum Gasteiger partial charge on any atom is -0.332 e. The quantitative estimate of drug-likeness (QED) is 0.830. The molecular weight excluding hydrogens is 268 g/mol. The SMILES string of the molecule is Cc1ccc(NC(=S)NC(=O)c2ccccc2)c(C)c1. The average molecular weight is 284 g/mol. The van der Waals surface area contributed by atoms with Gasteiger partial charge in [-0.15, -0.1) is 0 Å². The Bertz CT molecular complexity index is 638. The minimum absolute atomic E-state index is 0.215. The van der Waals surface area contributed by atoms with Crippen LogP contribution < -0.4 is 10.6 Å². The Hall–Kier alpha value is -2.20. The van der Waals surface area contributed by atoms with Crippen LogP contribution in [-0.2, 0) is 0 Å². The molecule has 2 aromatic carbocycles. The number of anilines is 1. The van der Waals surface area contributed by atoms with Crippen LogP contribution in [0.2, 0.25) is 0 Å². The number of carbonyl (C=O) groups is 1. The standard InChI is InChI=1S/C16H16N2OS/c1-11-8-9-14(12(2)10-11)17-16(20)18-15(19)13-6-4-3-5-7-13/h3-10H,1-2H3,(H2,17,18,19,20). The number of nitrogens with one attached hydrogen (secondary N) is 2. The number of benzene rings is 2. The normalized spacial score (nSPS) is 9.90. The Balaban J connectivity index is 2.01. The van der Waals surface area contributed by atoms with E-state index in [4.69, 9.17) is 12.2 Å². The maximum atomic E-state index is 11.9. The van der Waals surface area contributed by atoms with E-state index in [0.717, 1.165) is 11.3 Å². The molecule has 0 aromatic heterocycles. The molecule has 20 heavy (non-hydrogen) atoms. The number of hydrogen-bond donors (Lipinski definition) is 2. The lowest BCUT2D eigenvalue weighted by Crippen LogP contribution is -2.34. The van der Waals surface area contributed by atoms with Gasteiger partial charge in [0, 0.05) is 11.3 Å². The first-order valence-electron chi connectivity index (χ1n) is 6.31. The van der Waals surface area contributed by atoms with Crippen molar-refractivity contribution in [1.82, 2.24) is 5.32 Å². The van der Waals surface area contributed by atoms with Gasteiger partial charge in [-0.2, -0.15) is 0 Å². The summed E-state index contributed by atoms with van der Waals surface area (Å²) in [6, 6.07) is 15.0. The van der Waals surface area contributed by atoms with Crippen LogP contribution in [0.5, 0.6) is 0 Å². The van der Waals surface area contributed by atoms with E-state index in [1.165, 1.54) is 5.56 Å². The Morgan fingerprint density at radius 3 is 2.40 bits per heavy atom. The number of rotatable bonds is 2. The van der Waals surface area contributed by atoms with E-state index in [-0.39, 0.29) is 5.91 Å². The van der Waals surface area contributed by atoms with Crippen molar-refractivity contribution < 1.29 is 4.79 Å². The molecule has 102 valence electrons. The molecule has 2 aromatic rings. The van der Waals surface area contributed by atoms with Crippen LogP contribution in [0.15, 0.2) is 48.5 Å². The average Bonchev–Trinajstić information content (AvgIpc) is 2.43. The van der Waals surface area contributed by atoms with Crippen molar-refractivity contribution in [3.63, 3.8) is 0 Å². The third-order valence-electron chi connectivity index (χ3n) is 2.89. The smallest absolute Gasteiger partial charge is 0.257 e. The van der Waals surface area contributed by atoms with Gasteiger partial charge in [-0.3, -0.25) is 10.1 Å². The van der Waals surface area contributed by atoms with Gasteiger partial charge in [-0.05, 0) is 49.8 Å². The predicted molar refractivity (Wildman–Crippen MR) is 86.0 cm³/mol. The van der Waals surface area contributed by atoms with Crippen LogP contribution in [0.25, 0.3) is 0 Å². The Morgan fingerprint density at radius 1 is 1.05 bits per heavy atom. The highest BCUT2D eigenvalue weighted by atomic mass is 32.1. The molecule has 0 aliphatic heterocycles. The zero-order chi connectivity index (χ0) is 14.5. The van der Waals surface area contributed by atoms with Crippen molar-refractivity contribution in [1.29, 1.82) is 0 Å². The fourth-order valence-corrected chi connectivity index (χ4v) is 2.07. The van der Waals surface area contributed by atoms with Gasteiger partial charge in [-0.1, -0.05) is 35.9 Å². The van der Waals surface area contributed by atoms with Crippen molar-refractivity contribution in [2.24, 2.45) is 0 Å². The van der Waals surface area contributed by atoms with Gasteiger partial charge >= 0.3 is 0 Å². The number of carbonyl (C=O) groups excluding carboxylic acids is 1. The molecule has 1 amide bonds. The summed E-state index contributed by atoms with van der Waals surface area (Å²) in [6.07, 6.45) is 0. The first-order chi connectivity index (χ1) is 9.56. The van der Waals surface area contributed by atoms with Crippen molar-refractivity contribution in [3.8, 4) is 0 Å². The molecule has 0 bridgehead atoms. The maximum absolute atomic E-state index is 11.9. The van der Waals surface area contributed by atoms with Crippen molar-refractivity contribution >= 4 is 28.9 Å². The lowest BCUT2D eigenvalue weighted by Gasteiger charge is -2.12. The Kier molecular flexibility index (Phi) is 4.48. The van der Waals surface area contributed by atoms with Gasteiger partial charge in [0.25, 0.3) is 5.91 Å². The summed E-state index contributed by atoms with van der Waals surface area (Å²) in [5.74, 6) is -0.215. The topological polar surface area (TPSA) is 41.1 Å². The van der Waals surface area contributed by atoms with Crippen molar-refractivity contribution in [3.05, 3.63) is 65.2 Å². The second-order valence-electron chi connectivity index (χ2n) is 4.59. The molecule has 4 heteroatoms. The van der Waals surface area contributed by atoms with Gasteiger partial charge in [0.15, 0.2) is 5.11 Å². The maximum Gasteiger partial charge on any atom is 0.257 e. The van der Waals surface area contributed by atoms with Gasteiger partial charge in [-0.25, -0.2) is 0 Å². The number of thiocarbonyl (C=S) groups is 1. The van der Waals surface area contributed by atoms with E-state index in [0.29, 0.717) is 10.7 Å². The molecule has 0 heterocycles. The van der Waals surface area contributed by atoms with Gasteiger partial charge in [0.2, 0.25) is 0 Å². The fraction of sp³-hybridized carbons (Fsp3) is 0.125. The molecule has 3 nitrogen and oxygen atoms in total. The first kappa shape index (κ1) is 14.2. The Morgan fingerprint density at radius 2 is 1.75 bits per heavy atom. The second-order valence-corrected chi connectivity index (χ2v) is 5.00. The number of aryl methyl sites for hydroxylation is 2. The summed E-state index contributed by atoms with van der Waals surface area (Å²) in [4.78, 5) is 11.9. The van der Waals surface area contributed by atoms with Crippen LogP contribution in [0.3, 0.4) is 0 Å². The van der Waals surface area contributed by atoms with E-state index >= 15 is 0 Å². The molecule has 0 radical (unpaired) electrons. The molecule has 0 aliphatic carbocycles. The third kappa shape index (κ3) is 3.65. The summed E-state index contributed by atoms with van der Waals surface area (Å²) in [5.41, 5.74) is 3.75. The van der Waals surface area contributed by atoms with E-state index in [1.54, 1.807) is 12.1 Å². The molecule has 0 saturated carbocycles. The fourth-order valence-electron chi connectivity index (χ4n) is 1.87. The molecule has 0 saturated heterocycles. The van der Waals surface area contributed by atoms with Crippen LogP contribution in [0.1, 0.15) is 21.5 Å². The van der Waals surface area contributed by atoms with Crippen LogP contribution in [0, 0.1) is 13.8 Å². The van der Waals surface area contributed by atoms with Crippen molar-refractivity contribution in [2.75, 3.05) is 5.32 Å². The zero-order valence-electron chi connectivity index (χ0n) is 11.4. The summed E-state index contributed by atoms with van der Waals surface area (Å²) in [7, 11) is 0. The highest BCUT2D eigenvalue weighted by molar-refractivity contribution is 7.80. The lowest BCUT2D eigenvalue weighted by atomic mass is 10.1. The largest absolute Gasteiger partial charge is 0.332 e. The van der Waals surface area contributed by atoms with Gasteiger partial charge < -0.3 is 5.32 Å². The number of amides is 1. The highest BCUT2D eigenvalue weighted by Crippen LogP contribution is 2.15. The Labute approximate surface area is 124 Å². The summed E-state index contributed by atoms with van der Waals surface area (Å²) < 4.78 is 0. The second kappa shape index (κ2) is 6.30. The van der Waals surface area contributed by atoms with Gasteiger partial charge in [0.05, 0.1) is 0 Å². The summed E-state index contributed by atoms with van der Waals surface area (Å²) in [5, 5.41) is 6.00. The van der Waals surface area contributed by atoms with Crippen LogP contribution in [-0.4, -0.2) is 11.0 Å². The van der Waals surface area contributed by atoms with E-state index < -0.39 is 0 Å². The lowest BCUT2D eigenvalue weighted by molar-refractivity contribution is 0.0977. The summed E-state index contributed by atoms with van der Waals surface area (Å²) in [6.45, 7) is 4.03. The van der Waals surface area contributed by atoms with E-state index in [9.17, 15) is 4.79 Å². The molecule has 0 aliphatic rings. The minimum atomic E-state index is -0.215. The van der Waals surface area contributed by atoms with E-state index in [2.05, 4.69) is 16.7 Å². The van der Waals surface area contributed by atoms with Crippen LogP contribution in [0.4, 0.5) is 5.69 Å². The van der Waals surface area contributed by atoms with Crippen molar-refractivity contribution in [2.45, 2.75) is 13.8 Å². The molecule has 2 N–H and O–H groups in total. The highest BCUT2D eigenvalue weighted by Gasteiger charge is 2.07. The van der Waals surface area contributed by atoms with Crippen LogP contribution >= 0.6 is 12.2 Å². The van der Waals surface area contributed by atoms with E-state index in [1.807, 2.05) is 44.2 Å². The monoisotopic (exact) mass is 284 g/mol. The molecule has 0 spiro atoms. The third-order valence-corrected chi connectivity index (χ3v) is 3.10. The molecule has 2 rings (SSSR count). The zero-order valence-corrected chi connectivity index (χ0v) is 12.3. The molecule has 0 fully saturated rings. The molecule has 0 unspecified atom stereocenters. The molecular formula is C16H16N2OS. The number of hydrogen-bond acceptors (Lipinski definition) is 2. The van der Waals surface area contributed by atoms with Gasteiger partial charge in [0.1, 0.15) is 0 Å². The molecule has 0 atom stereocenters. The first-order valence-corrected chi connectivity index (χ1v) is 6.72.